The quantitative estimate of drug-likeness (QED) is 0.212. The average Bonchev–Trinajstić information content (AvgIpc) is 3.21. The number of nitrogens with zero attached hydrogens (tertiary/aromatic N) is 1. The Morgan fingerprint density at radius 3 is 2.55 bits per heavy atom. The second-order valence-electron chi connectivity index (χ2n) is 7.19. The highest BCUT2D eigenvalue weighted by Gasteiger charge is 2.22. The van der Waals surface area contributed by atoms with Crippen LogP contribution in [0.15, 0.2) is 99.3 Å². The zero-order valence-corrected chi connectivity index (χ0v) is 17.3. The monoisotopic (exact) mass is 426 g/mol. The van der Waals surface area contributed by atoms with Crippen molar-refractivity contribution in [3.05, 3.63) is 106 Å². The summed E-state index contributed by atoms with van der Waals surface area (Å²) in [6, 6.07) is 26.4. The van der Waals surface area contributed by atoms with Gasteiger partial charge in [0.25, 0.3) is 0 Å². The highest BCUT2D eigenvalue weighted by atomic mass is 32.2. The van der Waals surface area contributed by atoms with E-state index in [1.54, 1.807) is 18.2 Å². The number of aromatic nitrogens is 2. The summed E-state index contributed by atoms with van der Waals surface area (Å²) < 4.78 is 5.36. The molecule has 1 unspecified atom stereocenters. The maximum absolute atomic E-state index is 13.2. The van der Waals surface area contributed by atoms with Gasteiger partial charge in [0.2, 0.25) is 0 Å². The van der Waals surface area contributed by atoms with Crippen molar-refractivity contribution in [2.24, 2.45) is 0 Å². The Balaban J connectivity index is 1.48. The van der Waals surface area contributed by atoms with Gasteiger partial charge >= 0.3 is 5.63 Å². The van der Waals surface area contributed by atoms with E-state index in [1.807, 2.05) is 66.7 Å². The number of carbonyl (C=O) groups is 1. The maximum Gasteiger partial charge on any atom is 0.347 e. The molecule has 6 heteroatoms. The number of para-hydroxylation sites is 3. The number of ketones is 1. The third kappa shape index (κ3) is 4.02. The van der Waals surface area contributed by atoms with E-state index >= 15 is 0 Å². The van der Waals surface area contributed by atoms with Gasteiger partial charge in [-0.1, -0.05) is 72.4 Å². The Morgan fingerprint density at radius 2 is 1.71 bits per heavy atom. The lowest BCUT2D eigenvalue weighted by atomic mass is 10.0. The molecule has 0 fully saturated rings. The van der Waals surface area contributed by atoms with Crippen LogP contribution in [0.25, 0.3) is 22.0 Å². The topological polar surface area (TPSA) is 76.0 Å². The van der Waals surface area contributed by atoms with Gasteiger partial charge < -0.3 is 9.40 Å². The van der Waals surface area contributed by atoms with Crippen LogP contribution in [0.1, 0.15) is 27.6 Å². The van der Waals surface area contributed by atoms with Crippen LogP contribution in [0.5, 0.6) is 0 Å². The maximum atomic E-state index is 13.2. The first-order chi connectivity index (χ1) is 15.2. The highest BCUT2D eigenvalue weighted by molar-refractivity contribution is 7.99. The molecule has 2 aromatic heterocycles. The number of hydrogen-bond donors (Lipinski definition) is 1. The van der Waals surface area contributed by atoms with Crippen LogP contribution < -0.4 is 5.63 Å². The first-order valence-corrected chi connectivity index (χ1v) is 10.8. The Bertz CT molecular complexity index is 1410. The Morgan fingerprint density at radius 1 is 0.968 bits per heavy atom. The molecule has 2 heterocycles. The third-order valence-corrected chi connectivity index (χ3v) is 6.25. The van der Waals surface area contributed by atoms with Crippen LogP contribution in [0.4, 0.5) is 0 Å². The summed E-state index contributed by atoms with van der Waals surface area (Å²) in [4.78, 5) is 33.5. The lowest BCUT2D eigenvalue weighted by Gasteiger charge is -2.15. The normalized spacial score (nSPS) is 12.3. The van der Waals surface area contributed by atoms with E-state index in [9.17, 15) is 9.59 Å². The molecule has 1 atom stereocenters. The molecule has 1 N–H and O–H groups in total. The van der Waals surface area contributed by atoms with Gasteiger partial charge in [-0.3, -0.25) is 4.79 Å². The number of imidazole rings is 1. The number of thioether (sulfide) groups is 1. The van der Waals surface area contributed by atoms with Crippen LogP contribution in [-0.2, 0) is 0 Å². The van der Waals surface area contributed by atoms with Gasteiger partial charge in [-0.05, 0) is 29.8 Å². The second kappa shape index (κ2) is 8.24. The van der Waals surface area contributed by atoms with E-state index < -0.39 is 5.63 Å². The lowest BCUT2D eigenvalue weighted by molar-refractivity contribution is 0.0978. The number of benzene rings is 3. The Kier molecular flexibility index (Phi) is 5.14. The highest BCUT2D eigenvalue weighted by Crippen LogP contribution is 2.38. The van der Waals surface area contributed by atoms with Crippen molar-refractivity contribution in [3.63, 3.8) is 0 Å². The standard InChI is InChI=1S/C25H18N2O3S/c28-21(18-14-17-10-4-7-13-22(17)30-24(18)29)15-23(16-8-2-1-3-9-16)31-25-26-19-11-5-6-12-20(19)27-25/h1-14,23H,15H2,(H,26,27). The van der Waals surface area contributed by atoms with Crippen molar-refractivity contribution in [1.29, 1.82) is 0 Å². The van der Waals surface area contributed by atoms with Gasteiger partial charge in [-0.2, -0.15) is 0 Å². The molecule has 0 aliphatic carbocycles. The van der Waals surface area contributed by atoms with E-state index in [1.165, 1.54) is 11.8 Å². The molecular formula is C25H18N2O3S. The fourth-order valence-corrected chi connectivity index (χ4v) is 4.67. The lowest BCUT2D eigenvalue weighted by Crippen LogP contribution is -2.15. The second-order valence-corrected chi connectivity index (χ2v) is 8.38. The molecular weight excluding hydrogens is 408 g/mol. The minimum Gasteiger partial charge on any atom is -0.422 e. The van der Waals surface area contributed by atoms with Crippen molar-refractivity contribution >= 4 is 39.5 Å². The van der Waals surface area contributed by atoms with Crippen LogP contribution in [0.2, 0.25) is 0 Å². The third-order valence-electron chi connectivity index (χ3n) is 5.11. The summed E-state index contributed by atoms with van der Waals surface area (Å²) >= 11 is 1.48. The number of carbonyl (C=O) groups excluding carboxylic acids is 1. The summed E-state index contributed by atoms with van der Waals surface area (Å²) in [5, 5.41) is 1.25. The molecule has 5 aromatic rings. The summed E-state index contributed by atoms with van der Waals surface area (Å²) in [6.45, 7) is 0. The zero-order chi connectivity index (χ0) is 21.2. The number of rotatable bonds is 6. The first kappa shape index (κ1) is 19.3. The number of aromatic amines is 1. The number of Topliss-reactive ketones (excluding diaryl/α,β-unsaturated/α-hetero) is 1. The molecule has 5 rings (SSSR count). The van der Waals surface area contributed by atoms with Crippen molar-refractivity contribution in [2.45, 2.75) is 16.8 Å². The molecule has 152 valence electrons. The number of H-pyrrole nitrogens is 1. The predicted octanol–water partition coefficient (Wildman–Crippen LogP) is 5.78. The summed E-state index contributed by atoms with van der Waals surface area (Å²) in [6.07, 6.45) is 0.148. The summed E-state index contributed by atoms with van der Waals surface area (Å²) in [7, 11) is 0. The number of nitrogens with one attached hydrogen (secondary N) is 1. The summed E-state index contributed by atoms with van der Waals surface area (Å²) in [5.41, 5.74) is 2.75. The SMILES string of the molecule is O=C(CC(Sc1nc2ccccc2[nH]1)c1ccccc1)c1cc2ccccc2oc1=O. The molecule has 0 amide bonds. The van der Waals surface area contributed by atoms with E-state index in [0.29, 0.717) is 5.58 Å². The van der Waals surface area contributed by atoms with Crippen molar-refractivity contribution in [2.75, 3.05) is 0 Å². The van der Waals surface area contributed by atoms with Crippen LogP contribution in [0, 0.1) is 0 Å². The fraction of sp³-hybridized carbons (Fsp3) is 0.0800. The van der Waals surface area contributed by atoms with Gasteiger partial charge in [0.05, 0.1) is 11.0 Å². The molecule has 3 aromatic carbocycles. The minimum absolute atomic E-state index is 0.0739. The van der Waals surface area contributed by atoms with Crippen LogP contribution in [-0.4, -0.2) is 15.8 Å². The largest absolute Gasteiger partial charge is 0.422 e. The fourth-order valence-electron chi connectivity index (χ4n) is 3.55. The molecule has 0 radical (unpaired) electrons. The smallest absolute Gasteiger partial charge is 0.347 e. The van der Waals surface area contributed by atoms with Crippen LogP contribution in [0.3, 0.4) is 0 Å². The molecule has 0 aliphatic heterocycles. The van der Waals surface area contributed by atoms with Crippen molar-refractivity contribution in [3.8, 4) is 0 Å². The van der Waals surface area contributed by atoms with Gasteiger partial charge in [0.15, 0.2) is 10.9 Å². The predicted molar refractivity (Wildman–Crippen MR) is 123 cm³/mol. The zero-order valence-electron chi connectivity index (χ0n) is 16.4. The van der Waals surface area contributed by atoms with Crippen molar-refractivity contribution < 1.29 is 9.21 Å². The van der Waals surface area contributed by atoms with Gasteiger partial charge in [0.1, 0.15) is 11.1 Å². The summed E-state index contributed by atoms with van der Waals surface area (Å²) in [5.74, 6) is -0.253. The molecule has 31 heavy (non-hydrogen) atoms. The van der Waals surface area contributed by atoms with Crippen molar-refractivity contribution in [1.82, 2.24) is 9.97 Å². The average molecular weight is 426 g/mol. The van der Waals surface area contributed by atoms with Gasteiger partial charge in [0, 0.05) is 17.1 Å². The Hall–Kier alpha value is -3.64. The molecule has 0 aliphatic rings. The minimum atomic E-state index is -0.607. The van der Waals surface area contributed by atoms with E-state index in [4.69, 9.17) is 4.42 Å². The van der Waals surface area contributed by atoms with Crippen LogP contribution >= 0.6 is 11.8 Å². The molecule has 0 saturated heterocycles. The molecule has 0 spiro atoms. The number of hydrogen-bond acceptors (Lipinski definition) is 5. The molecule has 0 bridgehead atoms. The Labute approximate surface area is 182 Å². The first-order valence-electron chi connectivity index (χ1n) is 9.90. The molecule has 5 nitrogen and oxygen atoms in total. The van der Waals surface area contributed by atoms with E-state index in [0.717, 1.165) is 27.1 Å². The van der Waals surface area contributed by atoms with E-state index in [-0.39, 0.29) is 23.0 Å². The van der Waals surface area contributed by atoms with E-state index in [2.05, 4.69) is 9.97 Å². The van der Waals surface area contributed by atoms with Gasteiger partial charge in [-0.25, -0.2) is 9.78 Å². The molecule has 0 saturated carbocycles. The number of fused-ring (bicyclic) bond motifs is 2. The van der Waals surface area contributed by atoms with Gasteiger partial charge in [-0.15, -0.1) is 0 Å².